The van der Waals surface area contributed by atoms with Crippen molar-refractivity contribution in [1.82, 2.24) is 0 Å². The van der Waals surface area contributed by atoms with Gasteiger partial charge in [-0.25, -0.2) is 0 Å². The van der Waals surface area contributed by atoms with Crippen LogP contribution in [0, 0.1) is 0 Å². The second kappa shape index (κ2) is 9.18. The van der Waals surface area contributed by atoms with Crippen molar-refractivity contribution in [2.75, 3.05) is 14.2 Å². The molecule has 0 aliphatic carbocycles. The SMILES string of the molecule is CCCCCCC(=O)/C=C\c1cccc(OC)c1OC. The zero-order valence-electron chi connectivity index (χ0n) is 12.6. The van der Waals surface area contributed by atoms with Crippen LogP contribution < -0.4 is 9.47 Å². The van der Waals surface area contributed by atoms with Crippen LogP contribution in [0.15, 0.2) is 24.3 Å². The monoisotopic (exact) mass is 276 g/mol. The Kier molecular flexibility index (Phi) is 7.48. The first-order valence-electron chi connectivity index (χ1n) is 7.14. The summed E-state index contributed by atoms with van der Waals surface area (Å²) in [5, 5.41) is 0. The van der Waals surface area contributed by atoms with Gasteiger partial charge in [-0.15, -0.1) is 0 Å². The second-order valence-electron chi connectivity index (χ2n) is 4.69. The van der Waals surface area contributed by atoms with Gasteiger partial charge in [0.15, 0.2) is 17.3 Å². The van der Waals surface area contributed by atoms with Crippen LogP contribution in [-0.2, 0) is 4.79 Å². The second-order valence-corrected chi connectivity index (χ2v) is 4.69. The van der Waals surface area contributed by atoms with Crippen molar-refractivity contribution in [3.05, 3.63) is 29.8 Å². The molecule has 0 saturated carbocycles. The molecule has 20 heavy (non-hydrogen) atoms. The molecule has 0 heterocycles. The zero-order chi connectivity index (χ0) is 14.8. The fourth-order valence-electron chi connectivity index (χ4n) is 2.04. The molecule has 1 aromatic rings. The van der Waals surface area contributed by atoms with Crippen LogP contribution in [0.1, 0.15) is 44.6 Å². The van der Waals surface area contributed by atoms with Gasteiger partial charge in [0.25, 0.3) is 0 Å². The molecule has 0 unspecified atom stereocenters. The first-order chi connectivity index (χ1) is 9.72. The molecule has 1 rings (SSSR count). The van der Waals surface area contributed by atoms with E-state index in [1.165, 1.54) is 12.8 Å². The smallest absolute Gasteiger partial charge is 0.167 e. The maximum atomic E-state index is 11.8. The molecular weight excluding hydrogens is 252 g/mol. The Labute approximate surface area is 121 Å². The van der Waals surface area contributed by atoms with E-state index in [2.05, 4.69) is 6.92 Å². The van der Waals surface area contributed by atoms with Crippen LogP contribution in [0.5, 0.6) is 11.5 Å². The standard InChI is InChI=1S/C17H24O3/c1-4-5-6-7-10-15(18)13-12-14-9-8-11-16(19-2)17(14)20-3/h8-9,11-13H,4-7,10H2,1-3H3/b13-12-. The number of unbranched alkanes of at least 4 members (excludes halogenated alkanes) is 3. The first kappa shape index (κ1) is 16.3. The van der Waals surface area contributed by atoms with E-state index >= 15 is 0 Å². The Morgan fingerprint density at radius 3 is 2.60 bits per heavy atom. The lowest BCUT2D eigenvalue weighted by Crippen LogP contribution is -1.94. The van der Waals surface area contributed by atoms with Crippen LogP contribution in [0.3, 0.4) is 0 Å². The number of para-hydroxylation sites is 1. The van der Waals surface area contributed by atoms with E-state index in [0.29, 0.717) is 17.9 Å². The molecular formula is C17H24O3. The molecule has 0 aliphatic heterocycles. The predicted molar refractivity (Wildman–Crippen MR) is 82.3 cm³/mol. The fraction of sp³-hybridized carbons (Fsp3) is 0.471. The average molecular weight is 276 g/mol. The Morgan fingerprint density at radius 1 is 1.15 bits per heavy atom. The van der Waals surface area contributed by atoms with E-state index in [0.717, 1.165) is 18.4 Å². The van der Waals surface area contributed by atoms with Crippen LogP contribution in [0.25, 0.3) is 6.08 Å². The highest BCUT2D eigenvalue weighted by molar-refractivity contribution is 5.94. The van der Waals surface area contributed by atoms with E-state index in [4.69, 9.17) is 9.47 Å². The van der Waals surface area contributed by atoms with Crippen molar-refractivity contribution in [2.45, 2.75) is 39.0 Å². The fourth-order valence-corrected chi connectivity index (χ4v) is 2.04. The number of rotatable bonds is 9. The molecule has 0 radical (unpaired) electrons. The lowest BCUT2D eigenvalue weighted by Gasteiger charge is -2.09. The average Bonchev–Trinajstić information content (AvgIpc) is 2.48. The zero-order valence-corrected chi connectivity index (χ0v) is 12.6. The summed E-state index contributed by atoms with van der Waals surface area (Å²) in [6.45, 7) is 2.16. The van der Waals surface area contributed by atoms with Gasteiger partial charge in [-0.05, 0) is 24.6 Å². The van der Waals surface area contributed by atoms with Crippen molar-refractivity contribution in [1.29, 1.82) is 0 Å². The number of ketones is 1. The third kappa shape index (κ3) is 5.08. The number of carbonyl (C=O) groups excluding carboxylic acids is 1. The Morgan fingerprint density at radius 2 is 1.95 bits per heavy atom. The number of allylic oxidation sites excluding steroid dienone is 1. The molecule has 110 valence electrons. The number of benzene rings is 1. The maximum Gasteiger partial charge on any atom is 0.167 e. The number of ether oxygens (including phenoxy) is 2. The highest BCUT2D eigenvalue weighted by Gasteiger charge is 2.07. The van der Waals surface area contributed by atoms with Crippen molar-refractivity contribution >= 4 is 11.9 Å². The van der Waals surface area contributed by atoms with Gasteiger partial charge in [-0.1, -0.05) is 38.3 Å². The van der Waals surface area contributed by atoms with Crippen molar-refractivity contribution < 1.29 is 14.3 Å². The Hall–Kier alpha value is -1.77. The van der Waals surface area contributed by atoms with Crippen LogP contribution >= 0.6 is 0 Å². The van der Waals surface area contributed by atoms with Gasteiger partial charge in [-0.2, -0.15) is 0 Å². The largest absolute Gasteiger partial charge is 0.493 e. The van der Waals surface area contributed by atoms with E-state index < -0.39 is 0 Å². The number of hydrogen-bond acceptors (Lipinski definition) is 3. The molecule has 0 saturated heterocycles. The van der Waals surface area contributed by atoms with E-state index in [1.54, 1.807) is 26.4 Å². The summed E-state index contributed by atoms with van der Waals surface area (Å²) in [7, 11) is 3.20. The van der Waals surface area contributed by atoms with Crippen LogP contribution in [0.4, 0.5) is 0 Å². The molecule has 0 spiro atoms. The molecule has 0 amide bonds. The third-order valence-corrected chi connectivity index (χ3v) is 3.16. The molecule has 0 bridgehead atoms. The highest BCUT2D eigenvalue weighted by Crippen LogP contribution is 2.31. The summed E-state index contributed by atoms with van der Waals surface area (Å²) in [6.07, 6.45) is 8.51. The molecule has 0 atom stereocenters. The summed E-state index contributed by atoms with van der Waals surface area (Å²) >= 11 is 0. The van der Waals surface area contributed by atoms with Gasteiger partial charge >= 0.3 is 0 Å². The lowest BCUT2D eigenvalue weighted by molar-refractivity contribution is -0.114. The molecule has 3 nitrogen and oxygen atoms in total. The molecule has 1 aromatic carbocycles. The van der Waals surface area contributed by atoms with E-state index in [9.17, 15) is 4.79 Å². The van der Waals surface area contributed by atoms with Crippen LogP contribution in [0.2, 0.25) is 0 Å². The molecule has 3 heteroatoms. The van der Waals surface area contributed by atoms with Gasteiger partial charge < -0.3 is 9.47 Å². The summed E-state index contributed by atoms with van der Waals surface area (Å²) in [6, 6.07) is 5.62. The number of methoxy groups -OCH3 is 2. The number of hydrogen-bond donors (Lipinski definition) is 0. The summed E-state index contributed by atoms with van der Waals surface area (Å²) in [4.78, 5) is 11.8. The van der Waals surface area contributed by atoms with Gasteiger partial charge in [0.2, 0.25) is 0 Å². The van der Waals surface area contributed by atoms with Crippen molar-refractivity contribution in [3.63, 3.8) is 0 Å². The van der Waals surface area contributed by atoms with Gasteiger partial charge in [-0.3, -0.25) is 4.79 Å². The van der Waals surface area contributed by atoms with Crippen molar-refractivity contribution in [3.8, 4) is 11.5 Å². The minimum atomic E-state index is 0.158. The summed E-state index contributed by atoms with van der Waals surface area (Å²) in [5.41, 5.74) is 0.855. The molecule has 0 aromatic heterocycles. The Bertz CT molecular complexity index is 450. The first-order valence-corrected chi connectivity index (χ1v) is 7.14. The molecule has 0 N–H and O–H groups in total. The quantitative estimate of drug-likeness (QED) is 0.499. The normalized spacial score (nSPS) is 10.8. The highest BCUT2D eigenvalue weighted by atomic mass is 16.5. The Balaban J connectivity index is 2.63. The lowest BCUT2D eigenvalue weighted by atomic mass is 10.1. The number of carbonyl (C=O) groups is 1. The summed E-state index contributed by atoms with van der Waals surface area (Å²) < 4.78 is 10.6. The van der Waals surface area contributed by atoms with Gasteiger partial charge in [0, 0.05) is 12.0 Å². The van der Waals surface area contributed by atoms with Crippen LogP contribution in [-0.4, -0.2) is 20.0 Å². The third-order valence-electron chi connectivity index (χ3n) is 3.16. The minimum absolute atomic E-state index is 0.158. The van der Waals surface area contributed by atoms with Crippen molar-refractivity contribution in [2.24, 2.45) is 0 Å². The minimum Gasteiger partial charge on any atom is -0.493 e. The van der Waals surface area contributed by atoms with E-state index in [-0.39, 0.29) is 5.78 Å². The predicted octanol–water partition coefficient (Wildman–Crippen LogP) is 4.26. The topological polar surface area (TPSA) is 35.5 Å². The summed E-state index contributed by atoms with van der Waals surface area (Å²) in [5.74, 6) is 1.49. The van der Waals surface area contributed by atoms with Gasteiger partial charge in [0.05, 0.1) is 14.2 Å². The van der Waals surface area contributed by atoms with E-state index in [1.807, 2.05) is 18.2 Å². The molecule has 0 fully saturated rings. The molecule has 0 aliphatic rings. The maximum absolute atomic E-state index is 11.8. The van der Waals surface area contributed by atoms with Gasteiger partial charge in [0.1, 0.15) is 0 Å².